The lowest BCUT2D eigenvalue weighted by Gasteiger charge is -2.32. The molecule has 1 saturated heterocycles. The van der Waals surface area contributed by atoms with Crippen LogP contribution in [0.25, 0.3) is 11.3 Å². The molecule has 0 bridgehead atoms. The predicted octanol–water partition coefficient (Wildman–Crippen LogP) is 2.84. The first-order valence-corrected chi connectivity index (χ1v) is 11.0. The largest absolute Gasteiger partial charge is 0.496 e. The van der Waals surface area contributed by atoms with E-state index >= 15 is 0 Å². The topological polar surface area (TPSA) is 76.5 Å². The molecule has 7 nitrogen and oxygen atoms in total. The summed E-state index contributed by atoms with van der Waals surface area (Å²) in [5, 5.41) is 7.33. The van der Waals surface area contributed by atoms with Crippen LogP contribution >= 0.6 is 0 Å². The molecule has 1 aromatic heterocycles. The summed E-state index contributed by atoms with van der Waals surface area (Å²) in [6, 6.07) is 17.4. The number of amides is 1. The Morgan fingerprint density at radius 3 is 2.61 bits per heavy atom. The van der Waals surface area contributed by atoms with Gasteiger partial charge in [0, 0.05) is 43.4 Å². The lowest BCUT2D eigenvalue weighted by molar-refractivity contribution is -0.122. The second-order valence-corrected chi connectivity index (χ2v) is 8.16. The Hall–Kier alpha value is -3.52. The normalized spacial score (nSPS) is 14.7. The van der Waals surface area contributed by atoms with Crippen LogP contribution in [0.5, 0.6) is 5.75 Å². The SMILES string of the molecule is COc1cc(F)ccc1-c1ccc(=O)n(CC(=O)NC2CCN(Cc3ccccc3)CC2)n1. The molecule has 0 spiro atoms. The minimum atomic E-state index is -0.432. The van der Waals surface area contributed by atoms with Crippen LogP contribution < -0.4 is 15.6 Å². The number of hydrogen-bond donors (Lipinski definition) is 1. The van der Waals surface area contributed by atoms with Gasteiger partial charge in [0.05, 0.1) is 12.8 Å². The number of ether oxygens (including phenoxy) is 1. The molecule has 0 radical (unpaired) electrons. The predicted molar refractivity (Wildman–Crippen MR) is 123 cm³/mol. The maximum Gasteiger partial charge on any atom is 0.267 e. The van der Waals surface area contributed by atoms with Gasteiger partial charge in [-0.1, -0.05) is 30.3 Å². The van der Waals surface area contributed by atoms with Crippen molar-refractivity contribution in [2.24, 2.45) is 0 Å². The first-order valence-electron chi connectivity index (χ1n) is 11.0. The van der Waals surface area contributed by atoms with Crippen LogP contribution in [-0.4, -0.2) is 46.8 Å². The van der Waals surface area contributed by atoms with Gasteiger partial charge in [0.2, 0.25) is 5.91 Å². The molecule has 1 amide bonds. The number of carbonyl (C=O) groups excluding carboxylic acids is 1. The van der Waals surface area contributed by atoms with E-state index in [0.29, 0.717) is 17.0 Å². The van der Waals surface area contributed by atoms with Gasteiger partial charge in [0.1, 0.15) is 18.1 Å². The highest BCUT2D eigenvalue weighted by molar-refractivity contribution is 5.76. The second-order valence-electron chi connectivity index (χ2n) is 8.16. The Bertz CT molecular complexity index is 1160. The average Bonchev–Trinajstić information content (AvgIpc) is 2.82. The van der Waals surface area contributed by atoms with Gasteiger partial charge >= 0.3 is 0 Å². The molecule has 1 aliphatic rings. The fourth-order valence-electron chi connectivity index (χ4n) is 4.07. The summed E-state index contributed by atoms with van der Waals surface area (Å²) >= 11 is 0. The van der Waals surface area contributed by atoms with E-state index in [2.05, 4.69) is 27.4 Å². The van der Waals surface area contributed by atoms with Gasteiger partial charge in [0.15, 0.2) is 0 Å². The van der Waals surface area contributed by atoms with E-state index in [1.54, 1.807) is 0 Å². The van der Waals surface area contributed by atoms with Crippen molar-refractivity contribution in [3.63, 3.8) is 0 Å². The van der Waals surface area contributed by atoms with Gasteiger partial charge in [-0.05, 0) is 36.6 Å². The Kier molecular flexibility index (Phi) is 7.14. The summed E-state index contributed by atoms with van der Waals surface area (Å²) in [7, 11) is 1.44. The summed E-state index contributed by atoms with van der Waals surface area (Å²) in [5.74, 6) is -0.383. The smallest absolute Gasteiger partial charge is 0.267 e. The molecule has 0 saturated carbocycles. The monoisotopic (exact) mass is 450 g/mol. The first-order chi connectivity index (χ1) is 16.0. The van der Waals surface area contributed by atoms with Crippen LogP contribution in [0.2, 0.25) is 0 Å². The molecule has 2 heterocycles. The van der Waals surface area contributed by atoms with Crippen LogP contribution in [-0.2, 0) is 17.9 Å². The molecule has 33 heavy (non-hydrogen) atoms. The van der Waals surface area contributed by atoms with Crippen molar-refractivity contribution in [1.82, 2.24) is 20.0 Å². The maximum absolute atomic E-state index is 13.5. The van der Waals surface area contributed by atoms with Crippen LogP contribution in [0.15, 0.2) is 65.5 Å². The van der Waals surface area contributed by atoms with E-state index in [1.807, 2.05) is 18.2 Å². The van der Waals surface area contributed by atoms with Gasteiger partial charge in [-0.2, -0.15) is 5.10 Å². The van der Waals surface area contributed by atoms with Gasteiger partial charge in [-0.25, -0.2) is 9.07 Å². The molecular weight excluding hydrogens is 423 g/mol. The Morgan fingerprint density at radius 1 is 1.12 bits per heavy atom. The standard InChI is InChI=1S/C25H27FN4O3/c1-33-23-15-19(26)7-8-21(23)22-9-10-25(32)30(28-22)17-24(31)27-20-11-13-29(14-12-20)16-18-5-3-2-4-6-18/h2-10,15,20H,11-14,16-17H2,1H3,(H,27,31). The Labute approximate surface area is 191 Å². The zero-order chi connectivity index (χ0) is 23.2. The maximum atomic E-state index is 13.5. The number of nitrogens with one attached hydrogen (secondary N) is 1. The molecule has 172 valence electrons. The van der Waals surface area contributed by atoms with E-state index < -0.39 is 5.82 Å². The Balaban J connectivity index is 1.35. The minimum Gasteiger partial charge on any atom is -0.496 e. The molecule has 1 N–H and O–H groups in total. The molecule has 4 rings (SSSR count). The lowest BCUT2D eigenvalue weighted by atomic mass is 10.0. The van der Waals surface area contributed by atoms with Crippen molar-refractivity contribution in [3.8, 4) is 17.0 Å². The molecule has 3 aromatic rings. The highest BCUT2D eigenvalue weighted by Gasteiger charge is 2.21. The highest BCUT2D eigenvalue weighted by atomic mass is 19.1. The second kappa shape index (κ2) is 10.4. The van der Waals surface area contributed by atoms with Crippen molar-refractivity contribution in [1.29, 1.82) is 0 Å². The van der Waals surface area contributed by atoms with Crippen molar-refractivity contribution in [2.45, 2.75) is 32.0 Å². The summed E-state index contributed by atoms with van der Waals surface area (Å²) in [6.45, 7) is 2.52. The Morgan fingerprint density at radius 2 is 1.88 bits per heavy atom. The number of halogens is 1. The number of hydrogen-bond acceptors (Lipinski definition) is 5. The fraction of sp³-hybridized carbons (Fsp3) is 0.320. The molecule has 8 heteroatoms. The number of rotatable bonds is 7. The van der Waals surface area contributed by atoms with Crippen LogP contribution in [0, 0.1) is 5.82 Å². The first kappa shape index (κ1) is 22.7. The van der Waals surface area contributed by atoms with Crippen LogP contribution in [0.4, 0.5) is 4.39 Å². The molecule has 1 aliphatic heterocycles. The zero-order valence-electron chi connectivity index (χ0n) is 18.5. The van der Waals surface area contributed by atoms with E-state index in [1.165, 1.54) is 43.0 Å². The summed E-state index contributed by atoms with van der Waals surface area (Å²) in [6.07, 6.45) is 1.71. The lowest BCUT2D eigenvalue weighted by Crippen LogP contribution is -2.46. The highest BCUT2D eigenvalue weighted by Crippen LogP contribution is 2.28. The third-order valence-corrected chi connectivity index (χ3v) is 5.80. The quantitative estimate of drug-likeness (QED) is 0.599. The number of likely N-dealkylation sites (tertiary alicyclic amines) is 1. The number of piperidine rings is 1. The van der Waals surface area contributed by atoms with E-state index in [4.69, 9.17) is 4.74 Å². The van der Waals surface area contributed by atoms with Gasteiger partial charge in [-0.3, -0.25) is 14.5 Å². The molecule has 0 unspecified atom stereocenters. The van der Waals surface area contributed by atoms with E-state index in [0.717, 1.165) is 37.2 Å². The average molecular weight is 451 g/mol. The van der Waals surface area contributed by atoms with Gasteiger partial charge < -0.3 is 10.1 Å². The number of methoxy groups -OCH3 is 1. The number of benzene rings is 2. The molecular formula is C25H27FN4O3. The van der Waals surface area contributed by atoms with E-state index in [-0.39, 0.29) is 24.1 Å². The van der Waals surface area contributed by atoms with Crippen molar-refractivity contribution >= 4 is 5.91 Å². The summed E-state index contributed by atoms with van der Waals surface area (Å²) < 4.78 is 19.9. The van der Waals surface area contributed by atoms with Crippen LogP contribution in [0.1, 0.15) is 18.4 Å². The van der Waals surface area contributed by atoms with Gasteiger partial charge in [-0.15, -0.1) is 0 Å². The third-order valence-electron chi connectivity index (χ3n) is 5.80. The minimum absolute atomic E-state index is 0.0700. The molecule has 0 atom stereocenters. The zero-order valence-corrected chi connectivity index (χ0v) is 18.5. The number of aromatic nitrogens is 2. The summed E-state index contributed by atoms with van der Waals surface area (Å²) in [4.78, 5) is 27.3. The van der Waals surface area contributed by atoms with Crippen molar-refractivity contribution in [2.75, 3.05) is 20.2 Å². The molecule has 2 aromatic carbocycles. The third kappa shape index (κ3) is 5.84. The van der Waals surface area contributed by atoms with Gasteiger partial charge in [0.25, 0.3) is 5.56 Å². The van der Waals surface area contributed by atoms with Crippen molar-refractivity contribution < 1.29 is 13.9 Å². The van der Waals surface area contributed by atoms with Crippen LogP contribution in [0.3, 0.4) is 0 Å². The van der Waals surface area contributed by atoms with Crippen molar-refractivity contribution in [3.05, 3.63) is 82.4 Å². The fourth-order valence-corrected chi connectivity index (χ4v) is 4.07. The molecule has 1 fully saturated rings. The number of nitrogens with zero attached hydrogens (tertiary/aromatic N) is 3. The van der Waals surface area contributed by atoms with E-state index in [9.17, 15) is 14.0 Å². The number of carbonyl (C=O) groups is 1. The molecule has 0 aliphatic carbocycles. The summed E-state index contributed by atoms with van der Waals surface area (Å²) in [5.41, 5.74) is 1.86.